The molecule has 182 valence electrons. The molecule has 7 heteroatoms. The summed E-state index contributed by atoms with van der Waals surface area (Å²) < 4.78 is 12.1. The number of esters is 2. The molecule has 0 spiro atoms. The molecule has 0 saturated heterocycles. The van der Waals surface area contributed by atoms with Crippen LogP contribution in [0.5, 0.6) is 0 Å². The number of ketones is 1. The fourth-order valence-electron chi connectivity index (χ4n) is 5.39. The smallest absolute Gasteiger partial charge is 0.337 e. The van der Waals surface area contributed by atoms with Gasteiger partial charge in [0, 0.05) is 39.5 Å². The molecule has 2 heterocycles. The Morgan fingerprint density at radius 3 is 2.28 bits per heavy atom. The van der Waals surface area contributed by atoms with Gasteiger partial charge in [0.25, 0.3) is 0 Å². The van der Waals surface area contributed by atoms with Crippen LogP contribution in [0.2, 0.25) is 0 Å². The second-order valence-corrected chi connectivity index (χ2v) is 8.96. The molecule has 1 N–H and O–H groups in total. The molecule has 1 aliphatic carbocycles. The molecule has 2 aliphatic rings. The van der Waals surface area contributed by atoms with Crippen molar-refractivity contribution in [1.29, 1.82) is 0 Å². The minimum absolute atomic E-state index is 0.107. The van der Waals surface area contributed by atoms with Crippen LogP contribution in [0, 0.1) is 13.8 Å². The van der Waals surface area contributed by atoms with Crippen molar-refractivity contribution >= 4 is 23.4 Å². The number of dihydropyridines is 1. The Balaban J connectivity index is 1.72. The molecule has 0 saturated carbocycles. The molecule has 2 aromatic carbocycles. The summed E-state index contributed by atoms with van der Waals surface area (Å²) in [6.45, 7) is 5.73. The Morgan fingerprint density at radius 2 is 1.58 bits per heavy atom. The van der Waals surface area contributed by atoms with Gasteiger partial charge in [0.1, 0.15) is 0 Å². The first-order chi connectivity index (χ1) is 17.3. The largest absolute Gasteiger partial charge is 0.466 e. The maximum absolute atomic E-state index is 13.7. The van der Waals surface area contributed by atoms with Gasteiger partial charge in [-0.3, -0.25) is 4.79 Å². The third kappa shape index (κ3) is 3.39. The number of hydrogen-bond donors (Lipinski definition) is 1. The fourth-order valence-corrected chi connectivity index (χ4v) is 5.39. The van der Waals surface area contributed by atoms with Crippen LogP contribution in [0.25, 0.3) is 11.4 Å². The summed E-state index contributed by atoms with van der Waals surface area (Å²) in [7, 11) is 2.69. The molecule has 0 bridgehead atoms. The summed E-state index contributed by atoms with van der Waals surface area (Å²) in [5, 5.41) is 3.31. The summed E-state index contributed by atoms with van der Waals surface area (Å²) in [4.78, 5) is 38.9. The molecule has 36 heavy (non-hydrogen) atoms. The number of allylic oxidation sites excluding steroid dienone is 2. The topological polar surface area (TPSA) is 86.6 Å². The van der Waals surface area contributed by atoms with E-state index in [4.69, 9.17) is 9.47 Å². The number of hydrogen-bond acceptors (Lipinski definition) is 6. The van der Waals surface area contributed by atoms with E-state index in [1.54, 1.807) is 18.2 Å². The van der Waals surface area contributed by atoms with Crippen LogP contribution in [0.1, 0.15) is 56.1 Å². The van der Waals surface area contributed by atoms with Crippen LogP contribution >= 0.6 is 0 Å². The quantitative estimate of drug-likeness (QED) is 0.546. The molecule has 0 fully saturated rings. The Hall–Kier alpha value is -4.39. The Labute approximate surface area is 209 Å². The second kappa shape index (κ2) is 8.68. The number of fused-ring (bicyclic) bond motifs is 2. The highest BCUT2D eigenvalue weighted by atomic mass is 16.5. The number of nitrogens with zero attached hydrogens (tertiary/aromatic N) is 1. The lowest BCUT2D eigenvalue weighted by atomic mass is 9.79. The summed E-state index contributed by atoms with van der Waals surface area (Å²) in [6, 6.07) is 16.6. The molecule has 1 aromatic heterocycles. The van der Waals surface area contributed by atoms with Crippen molar-refractivity contribution in [1.82, 2.24) is 9.88 Å². The molecule has 0 radical (unpaired) electrons. The highest BCUT2D eigenvalue weighted by Crippen LogP contribution is 2.48. The van der Waals surface area contributed by atoms with Gasteiger partial charge in [0.15, 0.2) is 5.78 Å². The van der Waals surface area contributed by atoms with E-state index in [0.29, 0.717) is 28.0 Å². The first kappa shape index (κ1) is 23.4. The first-order valence-corrected chi connectivity index (χ1v) is 11.6. The Morgan fingerprint density at radius 1 is 0.889 bits per heavy atom. The highest BCUT2D eigenvalue weighted by molar-refractivity contribution is 6.23. The van der Waals surface area contributed by atoms with Crippen LogP contribution in [0.15, 0.2) is 71.4 Å². The van der Waals surface area contributed by atoms with E-state index in [9.17, 15) is 14.4 Å². The van der Waals surface area contributed by atoms with Gasteiger partial charge in [-0.15, -0.1) is 0 Å². The van der Waals surface area contributed by atoms with Crippen molar-refractivity contribution in [2.24, 2.45) is 0 Å². The lowest BCUT2D eigenvalue weighted by Crippen LogP contribution is -2.29. The van der Waals surface area contributed by atoms with Crippen LogP contribution < -0.4 is 5.32 Å². The SMILES string of the molecule is COC(=O)C1=C(C)NC2=C(C(=O)c3ccccc32)[C@H]1c1cc(C)n(-c2cccc(C(=O)OC)c2)c1C. The minimum Gasteiger partial charge on any atom is -0.466 e. The normalized spacial score (nSPS) is 16.5. The van der Waals surface area contributed by atoms with Crippen LogP contribution in [0.3, 0.4) is 0 Å². The van der Waals surface area contributed by atoms with Crippen molar-refractivity contribution in [3.8, 4) is 5.69 Å². The first-order valence-electron chi connectivity index (χ1n) is 11.6. The zero-order chi connectivity index (χ0) is 25.7. The monoisotopic (exact) mass is 482 g/mol. The maximum atomic E-state index is 13.7. The Kier molecular flexibility index (Phi) is 5.63. The van der Waals surface area contributed by atoms with E-state index >= 15 is 0 Å². The molecule has 0 amide bonds. The van der Waals surface area contributed by atoms with Crippen molar-refractivity contribution in [2.75, 3.05) is 14.2 Å². The molecular formula is C29H26N2O5. The number of rotatable bonds is 4. The summed E-state index contributed by atoms with van der Waals surface area (Å²) in [5.74, 6) is -1.63. The van der Waals surface area contributed by atoms with Gasteiger partial charge >= 0.3 is 11.9 Å². The fraction of sp³-hybridized carbons (Fsp3) is 0.207. The molecular weight excluding hydrogens is 456 g/mol. The third-order valence-corrected chi connectivity index (χ3v) is 6.96. The van der Waals surface area contributed by atoms with E-state index < -0.39 is 17.9 Å². The zero-order valence-electron chi connectivity index (χ0n) is 20.8. The van der Waals surface area contributed by atoms with Crippen LogP contribution in [-0.4, -0.2) is 36.5 Å². The number of carbonyl (C=O) groups excluding carboxylic acids is 3. The zero-order valence-corrected chi connectivity index (χ0v) is 20.8. The second-order valence-electron chi connectivity index (χ2n) is 8.96. The predicted molar refractivity (Wildman–Crippen MR) is 135 cm³/mol. The standard InChI is InChI=1S/C29H26N2O5/c1-15-13-22(17(3)31(15)19-10-8-9-18(14-19)28(33)35-4)24-23(29(34)36-5)16(2)30-26-20-11-6-7-12-21(20)27(32)25(24)26/h6-14,24,30H,1-5H3/t24-/m0/s1. The van der Waals surface area contributed by atoms with E-state index in [1.807, 2.05) is 61.7 Å². The summed E-state index contributed by atoms with van der Waals surface area (Å²) in [5.41, 5.74) is 7.53. The van der Waals surface area contributed by atoms with Gasteiger partial charge in [-0.05, 0) is 50.6 Å². The van der Waals surface area contributed by atoms with Gasteiger partial charge < -0.3 is 19.4 Å². The minimum atomic E-state index is -0.614. The van der Waals surface area contributed by atoms with Crippen molar-refractivity contribution in [3.05, 3.63) is 105 Å². The van der Waals surface area contributed by atoms with E-state index in [0.717, 1.165) is 33.9 Å². The number of benzene rings is 2. The van der Waals surface area contributed by atoms with Gasteiger partial charge in [0.2, 0.25) is 0 Å². The highest BCUT2D eigenvalue weighted by Gasteiger charge is 2.43. The summed E-state index contributed by atoms with van der Waals surface area (Å²) >= 11 is 0. The van der Waals surface area contributed by atoms with Gasteiger partial charge in [-0.2, -0.15) is 0 Å². The lowest BCUT2D eigenvalue weighted by molar-refractivity contribution is -0.136. The number of ether oxygens (including phenoxy) is 2. The number of nitrogens with one attached hydrogen (secondary N) is 1. The molecule has 1 aliphatic heterocycles. The van der Waals surface area contributed by atoms with Crippen molar-refractivity contribution in [2.45, 2.75) is 26.7 Å². The summed E-state index contributed by atoms with van der Waals surface area (Å²) in [6.07, 6.45) is 0. The van der Waals surface area contributed by atoms with Gasteiger partial charge in [0.05, 0.1) is 37.0 Å². The molecule has 1 atom stereocenters. The van der Waals surface area contributed by atoms with E-state index in [-0.39, 0.29) is 5.78 Å². The number of aryl methyl sites for hydroxylation is 1. The lowest BCUT2D eigenvalue weighted by Gasteiger charge is -2.29. The third-order valence-electron chi connectivity index (χ3n) is 6.96. The molecule has 7 nitrogen and oxygen atoms in total. The van der Waals surface area contributed by atoms with E-state index in [2.05, 4.69) is 5.32 Å². The average Bonchev–Trinajstić information content (AvgIpc) is 3.34. The number of Topliss-reactive ketones (excluding diaryl/α,β-unsaturated/α-hetero) is 1. The number of aromatic nitrogens is 1. The van der Waals surface area contributed by atoms with Gasteiger partial charge in [-0.1, -0.05) is 30.3 Å². The number of carbonyl (C=O) groups is 3. The Bertz CT molecular complexity index is 1520. The van der Waals surface area contributed by atoms with Crippen molar-refractivity contribution in [3.63, 3.8) is 0 Å². The molecule has 3 aromatic rings. The van der Waals surface area contributed by atoms with Gasteiger partial charge in [-0.25, -0.2) is 9.59 Å². The van der Waals surface area contributed by atoms with Crippen LogP contribution in [-0.2, 0) is 14.3 Å². The predicted octanol–water partition coefficient (Wildman–Crippen LogP) is 4.62. The van der Waals surface area contributed by atoms with Crippen LogP contribution in [0.4, 0.5) is 0 Å². The number of methoxy groups -OCH3 is 2. The average molecular weight is 483 g/mol. The molecule has 5 rings (SSSR count). The van der Waals surface area contributed by atoms with Crippen molar-refractivity contribution < 1.29 is 23.9 Å². The molecule has 0 unspecified atom stereocenters. The van der Waals surface area contributed by atoms with E-state index in [1.165, 1.54) is 14.2 Å². The maximum Gasteiger partial charge on any atom is 0.337 e.